The highest BCUT2D eigenvalue weighted by molar-refractivity contribution is 6.35. The first-order valence-electron chi connectivity index (χ1n) is 3.96. The first-order valence-corrected chi connectivity index (χ1v) is 3.84. The highest BCUT2D eigenvalue weighted by Crippen LogP contribution is 2.23. The van der Waals surface area contributed by atoms with Crippen LogP contribution in [0.5, 0.6) is 0 Å². The molecule has 1 N–H and O–H groups in total. The number of aldehydes is 1. The zero-order chi connectivity index (χ0) is 9.42. The zero-order valence-corrected chi connectivity index (χ0v) is 6.85. The Labute approximate surface area is 75.6 Å². The molecule has 0 saturated heterocycles. The van der Waals surface area contributed by atoms with E-state index in [1.54, 1.807) is 18.2 Å². The van der Waals surface area contributed by atoms with Crippen molar-refractivity contribution >= 4 is 28.8 Å². The highest BCUT2D eigenvalue weighted by atomic mass is 35.5. The number of carbonyl (C=O) groups is 1. The fourth-order valence-electron chi connectivity index (χ4n) is 1.20. The Balaban J connectivity index is 2.83. The predicted octanol–water partition coefficient (Wildman–Crippen LogP) is 2.63. The van der Waals surface area contributed by atoms with E-state index < -0.39 is 6.26 Å². The van der Waals surface area contributed by atoms with Crippen LogP contribution in [0.4, 0.5) is 0 Å². The minimum Gasteiger partial charge on any atom is -0.359 e. The van der Waals surface area contributed by atoms with Gasteiger partial charge in [0.1, 0.15) is 1.37 Å². The minimum absolute atomic E-state index is 0.359. The Morgan fingerprint density at radius 2 is 2.42 bits per heavy atom. The van der Waals surface area contributed by atoms with Crippen molar-refractivity contribution in [2.75, 3.05) is 0 Å². The topological polar surface area (TPSA) is 32.9 Å². The number of aromatic amines is 1. The summed E-state index contributed by atoms with van der Waals surface area (Å²) in [7, 11) is 0. The van der Waals surface area contributed by atoms with E-state index in [0.29, 0.717) is 21.5 Å². The fraction of sp³-hybridized carbons (Fsp3) is 0. The molecule has 12 heavy (non-hydrogen) atoms. The number of para-hydroxylation sites is 1. The summed E-state index contributed by atoms with van der Waals surface area (Å²) in [6, 6.07) is 5.25. The summed E-state index contributed by atoms with van der Waals surface area (Å²) in [5.41, 5.74) is 1.07. The van der Waals surface area contributed by atoms with Gasteiger partial charge in [0.05, 0.1) is 10.5 Å². The number of hydrogen-bond acceptors (Lipinski definition) is 1. The smallest absolute Gasteiger partial charge is 0.152 e. The Bertz CT molecular complexity index is 477. The number of carbonyl (C=O) groups excluding carboxylic acids is 1. The van der Waals surface area contributed by atoms with Crippen LogP contribution in [-0.4, -0.2) is 11.2 Å². The molecular weight excluding hydrogens is 174 g/mol. The maximum absolute atomic E-state index is 10.8. The molecule has 2 rings (SSSR count). The van der Waals surface area contributed by atoms with Gasteiger partial charge in [0, 0.05) is 17.1 Å². The lowest BCUT2D eigenvalue weighted by Crippen LogP contribution is -1.73. The normalized spacial score (nSPS) is 11.6. The number of aromatic nitrogens is 1. The van der Waals surface area contributed by atoms with Gasteiger partial charge >= 0.3 is 0 Å². The summed E-state index contributed by atoms with van der Waals surface area (Å²) in [4.78, 5) is 13.7. The Hall–Kier alpha value is -1.28. The van der Waals surface area contributed by atoms with Crippen LogP contribution < -0.4 is 0 Å². The van der Waals surface area contributed by atoms with Gasteiger partial charge in [-0.2, -0.15) is 0 Å². The van der Waals surface area contributed by atoms with Crippen molar-refractivity contribution in [2.24, 2.45) is 0 Å². The van der Waals surface area contributed by atoms with Gasteiger partial charge in [-0.1, -0.05) is 23.7 Å². The van der Waals surface area contributed by atoms with E-state index in [1.807, 2.05) is 0 Å². The molecule has 0 unspecified atom stereocenters. The van der Waals surface area contributed by atoms with E-state index in [9.17, 15) is 4.79 Å². The van der Waals surface area contributed by atoms with Crippen molar-refractivity contribution in [2.45, 2.75) is 0 Å². The van der Waals surface area contributed by atoms with Gasteiger partial charge in [-0.05, 0) is 6.07 Å². The maximum Gasteiger partial charge on any atom is 0.152 e. The van der Waals surface area contributed by atoms with Gasteiger partial charge in [-0.3, -0.25) is 4.79 Å². The van der Waals surface area contributed by atoms with Crippen molar-refractivity contribution < 1.29 is 6.17 Å². The fourth-order valence-corrected chi connectivity index (χ4v) is 1.43. The number of fused-ring (bicyclic) bond motifs is 1. The SMILES string of the molecule is [2H]C(=O)c1c[nH]c2c(Cl)cccc12. The summed E-state index contributed by atoms with van der Waals surface area (Å²) in [6.45, 7) is 0. The van der Waals surface area contributed by atoms with Gasteiger partial charge in [0.15, 0.2) is 6.26 Å². The summed E-state index contributed by atoms with van der Waals surface area (Å²) in [5, 5.41) is 1.26. The van der Waals surface area contributed by atoms with Crippen LogP contribution in [0.1, 0.15) is 11.7 Å². The number of nitrogens with one attached hydrogen (secondary N) is 1. The van der Waals surface area contributed by atoms with Gasteiger partial charge < -0.3 is 4.98 Å². The van der Waals surface area contributed by atoms with Gasteiger partial charge in [0.25, 0.3) is 0 Å². The summed E-state index contributed by atoms with van der Waals surface area (Å²) >= 11 is 5.87. The van der Waals surface area contributed by atoms with E-state index in [1.165, 1.54) is 6.20 Å². The van der Waals surface area contributed by atoms with Crippen molar-refractivity contribution in [3.8, 4) is 0 Å². The molecule has 0 aliphatic carbocycles. The van der Waals surface area contributed by atoms with Crippen molar-refractivity contribution in [1.82, 2.24) is 4.98 Å². The molecule has 60 valence electrons. The zero-order valence-electron chi connectivity index (χ0n) is 7.10. The Kier molecular flexibility index (Phi) is 1.38. The lowest BCUT2D eigenvalue weighted by atomic mass is 10.2. The molecule has 0 atom stereocenters. The van der Waals surface area contributed by atoms with Gasteiger partial charge in [-0.15, -0.1) is 0 Å². The summed E-state index contributed by atoms with van der Waals surface area (Å²) < 4.78 is 6.99. The van der Waals surface area contributed by atoms with Crippen LogP contribution in [0.3, 0.4) is 0 Å². The van der Waals surface area contributed by atoms with Crippen molar-refractivity contribution in [1.29, 1.82) is 0 Å². The van der Waals surface area contributed by atoms with Crippen LogP contribution >= 0.6 is 11.6 Å². The molecule has 0 aliphatic heterocycles. The number of benzene rings is 1. The van der Waals surface area contributed by atoms with E-state index in [2.05, 4.69) is 4.98 Å². The largest absolute Gasteiger partial charge is 0.359 e. The van der Waals surface area contributed by atoms with E-state index in [0.717, 1.165) is 0 Å². The van der Waals surface area contributed by atoms with Crippen LogP contribution in [0, 0.1) is 0 Å². The first-order chi connectivity index (χ1) is 6.20. The molecular formula is C9H6ClNO. The second-order valence-electron chi connectivity index (χ2n) is 2.47. The molecule has 0 spiro atoms. The molecule has 2 aromatic rings. The Morgan fingerprint density at radius 1 is 1.58 bits per heavy atom. The lowest BCUT2D eigenvalue weighted by Gasteiger charge is -1.91. The third-order valence-electron chi connectivity index (χ3n) is 1.77. The highest BCUT2D eigenvalue weighted by Gasteiger charge is 2.03. The number of hydrogen-bond donors (Lipinski definition) is 1. The number of H-pyrrole nitrogens is 1. The molecule has 3 heteroatoms. The third kappa shape index (κ3) is 0.924. The van der Waals surface area contributed by atoms with E-state index in [-0.39, 0.29) is 0 Å². The monoisotopic (exact) mass is 180 g/mol. The van der Waals surface area contributed by atoms with Crippen LogP contribution in [0.15, 0.2) is 24.4 Å². The van der Waals surface area contributed by atoms with Gasteiger partial charge in [-0.25, -0.2) is 0 Å². The van der Waals surface area contributed by atoms with Gasteiger partial charge in [0.2, 0.25) is 0 Å². The van der Waals surface area contributed by atoms with Crippen molar-refractivity contribution in [3.05, 3.63) is 35.0 Å². The molecule has 0 amide bonds. The molecule has 0 saturated carbocycles. The van der Waals surface area contributed by atoms with Crippen LogP contribution in [0.25, 0.3) is 10.9 Å². The van der Waals surface area contributed by atoms with E-state index in [4.69, 9.17) is 13.0 Å². The second kappa shape index (κ2) is 2.64. The Morgan fingerprint density at radius 3 is 3.17 bits per heavy atom. The predicted molar refractivity (Wildman–Crippen MR) is 48.7 cm³/mol. The molecule has 0 fully saturated rings. The minimum atomic E-state index is -0.700. The summed E-state index contributed by atoms with van der Waals surface area (Å²) in [6.07, 6.45) is 0.805. The molecule has 1 heterocycles. The number of rotatable bonds is 1. The molecule has 0 radical (unpaired) electrons. The molecule has 2 nitrogen and oxygen atoms in total. The standard InChI is InChI=1S/C9H6ClNO/c10-8-3-1-2-7-6(5-12)4-11-9(7)8/h1-5,11H/i5D. The molecule has 1 aromatic heterocycles. The van der Waals surface area contributed by atoms with E-state index >= 15 is 0 Å². The molecule has 0 bridgehead atoms. The van der Waals surface area contributed by atoms with Crippen molar-refractivity contribution in [3.63, 3.8) is 0 Å². The van der Waals surface area contributed by atoms with Crippen LogP contribution in [-0.2, 0) is 0 Å². The summed E-state index contributed by atoms with van der Waals surface area (Å²) in [5.74, 6) is 0. The lowest BCUT2D eigenvalue weighted by molar-refractivity contribution is 0.112. The maximum atomic E-state index is 10.8. The first kappa shape index (κ1) is 6.26. The molecule has 1 aromatic carbocycles. The third-order valence-corrected chi connectivity index (χ3v) is 2.09. The average molecular weight is 181 g/mol. The molecule has 0 aliphatic rings. The van der Waals surface area contributed by atoms with Crippen LogP contribution in [0.2, 0.25) is 5.02 Å². The second-order valence-corrected chi connectivity index (χ2v) is 2.87. The quantitative estimate of drug-likeness (QED) is 0.673. The average Bonchev–Trinajstić information content (AvgIpc) is 2.48. The number of halogens is 1.